The lowest BCUT2D eigenvalue weighted by Gasteiger charge is -2.24. The smallest absolute Gasteiger partial charge is 0.433 e. The van der Waals surface area contributed by atoms with E-state index in [4.69, 9.17) is 4.74 Å². The molecular weight excluding hydrogens is 233 g/mol. The van der Waals surface area contributed by atoms with E-state index in [0.717, 1.165) is 31.0 Å². The van der Waals surface area contributed by atoms with Crippen molar-refractivity contribution >= 4 is 0 Å². The Bertz CT molecular complexity index is 447. The maximum Gasteiger partial charge on any atom is 0.433 e. The Morgan fingerprint density at radius 2 is 2.18 bits per heavy atom. The molecule has 2 atom stereocenters. The third-order valence-electron chi connectivity index (χ3n) is 3.18. The number of piperidine rings is 1. The Morgan fingerprint density at radius 1 is 1.35 bits per heavy atom. The van der Waals surface area contributed by atoms with Crippen molar-refractivity contribution in [2.24, 2.45) is 0 Å². The minimum Gasteiger partial charge on any atom is -0.472 e. The Labute approximate surface area is 96.0 Å². The molecule has 0 saturated carbocycles. The molecule has 3 heterocycles. The number of pyridine rings is 1. The van der Waals surface area contributed by atoms with E-state index in [1.54, 1.807) is 0 Å². The topological polar surface area (TPSA) is 34.1 Å². The van der Waals surface area contributed by atoms with Crippen LogP contribution >= 0.6 is 0 Å². The second-order valence-corrected chi connectivity index (χ2v) is 4.32. The fourth-order valence-electron chi connectivity index (χ4n) is 2.38. The Balaban J connectivity index is 1.97. The van der Waals surface area contributed by atoms with Crippen molar-refractivity contribution in [2.45, 2.75) is 31.2 Å². The largest absolute Gasteiger partial charge is 0.472 e. The average molecular weight is 244 g/mol. The van der Waals surface area contributed by atoms with Crippen LogP contribution in [0.1, 0.15) is 30.1 Å². The van der Waals surface area contributed by atoms with Gasteiger partial charge in [-0.05, 0) is 31.5 Å². The highest BCUT2D eigenvalue weighted by molar-refractivity contribution is 5.37. The number of halogens is 3. The number of ether oxygens (including phenoxy) is 1. The predicted molar refractivity (Wildman–Crippen MR) is 53.6 cm³/mol. The second-order valence-electron chi connectivity index (χ2n) is 4.32. The van der Waals surface area contributed by atoms with Crippen LogP contribution in [0.3, 0.4) is 0 Å². The highest BCUT2D eigenvalue weighted by Crippen LogP contribution is 2.40. The summed E-state index contributed by atoms with van der Waals surface area (Å²) in [5, 5.41) is 3.25. The lowest BCUT2D eigenvalue weighted by atomic mass is 9.98. The minimum atomic E-state index is -4.42. The van der Waals surface area contributed by atoms with Gasteiger partial charge in [0.25, 0.3) is 0 Å². The molecule has 0 spiro atoms. The molecule has 2 aliphatic heterocycles. The van der Waals surface area contributed by atoms with Gasteiger partial charge in [0, 0.05) is 5.56 Å². The number of fused-ring (bicyclic) bond motifs is 3. The van der Waals surface area contributed by atoms with E-state index in [-0.39, 0.29) is 18.0 Å². The van der Waals surface area contributed by atoms with Crippen LogP contribution in [0.15, 0.2) is 12.1 Å². The molecule has 1 aromatic rings. The van der Waals surface area contributed by atoms with Gasteiger partial charge in [0.15, 0.2) is 0 Å². The molecule has 2 aliphatic rings. The third-order valence-corrected chi connectivity index (χ3v) is 3.18. The van der Waals surface area contributed by atoms with E-state index >= 15 is 0 Å². The van der Waals surface area contributed by atoms with Crippen molar-refractivity contribution in [3.63, 3.8) is 0 Å². The van der Waals surface area contributed by atoms with Crippen molar-refractivity contribution in [2.75, 3.05) is 6.54 Å². The summed E-state index contributed by atoms with van der Waals surface area (Å²) < 4.78 is 43.0. The second kappa shape index (κ2) is 3.60. The molecule has 17 heavy (non-hydrogen) atoms. The Morgan fingerprint density at radius 3 is 2.94 bits per heavy atom. The summed E-state index contributed by atoms with van der Waals surface area (Å²) >= 11 is 0. The van der Waals surface area contributed by atoms with Gasteiger partial charge in [0.2, 0.25) is 5.88 Å². The summed E-state index contributed by atoms with van der Waals surface area (Å²) in [6, 6.07) is 2.48. The number of alkyl halides is 3. The normalized spacial score (nSPS) is 27.2. The zero-order valence-electron chi connectivity index (χ0n) is 8.92. The molecule has 6 heteroatoms. The fraction of sp³-hybridized carbons (Fsp3) is 0.545. The molecule has 0 aliphatic carbocycles. The first-order chi connectivity index (χ1) is 8.05. The molecule has 0 amide bonds. The molecule has 1 N–H and O–H groups in total. The van der Waals surface area contributed by atoms with Crippen LogP contribution in [0.5, 0.6) is 5.88 Å². The van der Waals surface area contributed by atoms with Gasteiger partial charge in [-0.15, -0.1) is 0 Å². The zero-order chi connectivity index (χ0) is 12.0. The molecule has 3 rings (SSSR count). The van der Waals surface area contributed by atoms with Crippen molar-refractivity contribution in [3.8, 4) is 5.88 Å². The molecule has 92 valence electrons. The number of nitrogens with zero attached hydrogens (tertiary/aromatic N) is 1. The zero-order valence-corrected chi connectivity index (χ0v) is 8.92. The molecule has 3 nitrogen and oxygen atoms in total. The van der Waals surface area contributed by atoms with E-state index in [0.29, 0.717) is 0 Å². The van der Waals surface area contributed by atoms with Crippen molar-refractivity contribution < 1.29 is 17.9 Å². The van der Waals surface area contributed by atoms with Gasteiger partial charge >= 0.3 is 6.18 Å². The van der Waals surface area contributed by atoms with Crippen LogP contribution in [0.4, 0.5) is 13.2 Å². The van der Waals surface area contributed by atoms with Crippen molar-refractivity contribution in [1.82, 2.24) is 10.3 Å². The average Bonchev–Trinajstić information content (AvgIpc) is 2.65. The van der Waals surface area contributed by atoms with Gasteiger partial charge in [-0.25, -0.2) is 4.98 Å². The van der Waals surface area contributed by atoms with Crippen LogP contribution in [0.2, 0.25) is 0 Å². The van der Waals surface area contributed by atoms with Gasteiger partial charge in [0.1, 0.15) is 11.8 Å². The number of rotatable bonds is 0. The van der Waals surface area contributed by atoms with Gasteiger partial charge in [-0.3, -0.25) is 0 Å². The summed E-state index contributed by atoms with van der Waals surface area (Å²) in [5.74, 6) is 0.129. The number of hydrogen-bond donors (Lipinski definition) is 1. The molecule has 0 bridgehead atoms. The first-order valence-electron chi connectivity index (χ1n) is 5.54. The van der Waals surface area contributed by atoms with Gasteiger partial charge in [-0.2, -0.15) is 13.2 Å². The van der Waals surface area contributed by atoms with Crippen LogP contribution in [0, 0.1) is 0 Å². The summed E-state index contributed by atoms with van der Waals surface area (Å²) in [6.45, 7) is 0.866. The SMILES string of the molecule is FC(F)(F)c1ccc2c(n1)O[C@@H]1CCCN[C@H]21. The van der Waals surface area contributed by atoms with E-state index in [1.165, 1.54) is 6.07 Å². The summed E-state index contributed by atoms with van der Waals surface area (Å²) in [5.41, 5.74) is -0.155. The van der Waals surface area contributed by atoms with E-state index in [1.807, 2.05) is 0 Å². The minimum absolute atomic E-state index is 0.00599. The molecule has 1 aromatic heterocycles. The van der Waals surface area contributed by atoms with Crippen molar-refractivity contribution in [3.05, 3.63) is 23.4 Å². The quantitative estimate of drug-likeness (QED) is 0.760. The molecule has 0 unspecified atom stereocenters. The fourth-order valence-corrected chi connectivity index (χ4v) is 2.38. The molecule has 1 fully saturated rings. The summed E-state index contributed by atoms with van der Waals surface area (Å²) in [7, 11) is 0. The highest BCUT2D eigenvalue weighted by Gasteiger charge is 2.40. The van der Waals surface area contributed by atoms with E-state index in [2.05, 4.69) is 10.3 Å². The first kappa shape index (κ1) is 10.8. The van der Waals surface area contributed by atoms with Crippen LogP contribution in [-0.2, 0) is 6.18 Å². The van der Waals surface area contributed by atoms with Crippen LogP contribution in [-0.4, -0.2) is 17.6 Å². The molecule has 0 aromatic carbocycles. The highest BCUT2D eigenvalue weighted by atomic mass is 19.4. The molecule has 1 saturated heterocycles. The van der Waals surface area contributed by atoms with Crippen molar-refractivity contribution in [1.29, 1.82) is 0 Å². The first-order valence-corrected chi connectivity index (χ1v) is 5.54. The maximum absolute atomic E-state index is 12.5. The number of hydrogen-bond acceptors (Lipinski definition) is 3. The van der Waals surface area contributed by atoms with Gasteiger partial charge < -0.3 is 10.1 Å². The lowest BCUT2D eigenvalue weighted by molar-refractivity contribution is -0.141. The summed E-state index contributed by atoms with van der Waals surface area (Å²) in [4.78, 5) is 3.56. The Kier molecular flexibility index (Phi) is 2.29. The van der Waals surface area contributed by atoms with Crippen LogP contribution < -0.4 is 10.1 Å². The van der Waals surface area contributed by atoms with Gasteiger partial charge in [-0.1, -0.05) is 0 Å². The third kappa shape index (κ3) is 1.76. The van der Waals surface area contributed by atoms with E-state index in [9.17, 15) is 13.2 Å². The summed E-state index contributed by atoms with van der Waals surface area (Å²) in [6.07, 6.45) is -2.66. The predicted octanol–water partition coefficient (Wildman–Crippen LogP) is 2.29. The van der Waals surface area contributed by atoms with Gasteiger partial charge in [0.05, 0.1) is 6.04 Å². The standard InChI is InChI=1S/C11H11F3N2O/c12-11(13,14)8-4-3-6-9-7(2-1-5-15-9)17-10(6)16-8/h3-4,7,9,15H,1-2,5H2/t7-,9-/m1/s1. The monoisotopic (exact) mass is 244 g/mol. The molecular formula is C11H11F3N2O. The van der Waals surface area contributed by atoms with E-state index < -0.39 is 11.9 Å². The van der Waals surface area contributed by atoms with Crippen LogP contribution in [0.25, 0.3) is 0 Å². The number of nitrogens with one attached hydrogen (secondary N) is 1. The lowest BCUT2D eigenvalue weighted by Crippen LogP contribution is -2.36. The molecule has 0 radical (unpaired) electrons. The maximum atomic E-state index is 12.5. The Hall–Kier alpha value is -1.30. The number of aromatic nitrogens is 1.